The molecule has 0 aliphatic rings. The summed E-state index contributed by atoms with van der Waals surface area (Å²) >= 11 is 0. The summed E-state index contributed by atoms with van der Waals surface area (Å²) in [5.74, 6) is -0.474. The molecule has 1 N–H and O–H groups in total. The van der Waals surface area contributed by atoms with E-state index in [-0.39, 0.29) is 5.56 Å². The monoisotopic (exact) mass is 232 g/mol. The van der Waals surface area contributed by atoms with Crippen molar-refractivity contribution in [2.45, 2.75) is 13.5 Å². The standard InChI is InChI=1S/C11H9FN4O/c1-7-11(16-17-15-7)6-14-10-3-2-8(5-13)4-9(10)12/h2-4,14H,6H2,1H3. The van der Waals surface area contributed by atoms with E-state index in [1.54, 1.807) is 13.0 Å². The number of aromatic nitrogens is 2. The van der Waals surface area contributed by atoms with E-state index in [1.807, 2.05) is 6.07 Å². The van der Waals surface area contributed by atoms with Crippen molar-refractivity contribution in [1.82, 2.24) is 10.3 Å². The van der Waals surface area contributed by atoms with Gasteiger partial charge in [-0.1, -0.05) is 10.3 Å². The molecule has 2 rings (SSSR count). The van der Waals surface area contributed by atoms with Gasteiger partial charge in [0.1, 0.15) is 17.2 Å². The number of hydrogen-bond acceptors (Lipinski definition) is 5. The molecule has 5 nitrogen and oxygen atoms in total. The average Bonchev–Trinajstić information content (AvgIpc) is 2.73. The van der Waals surface area contributed by atoms with Crippen LogP contribution < -0.4 is 5.32 Å². The first-order valence-corrected chi connectivity index (χ1v) is 4.92. The molecule has 0 atom stereocenters. The fourth-order valence-electron chi connectivity index (χ4n) is 1.32. The first-order valence-electron chi connectivity index (χ1n) is 4.92. The zero-order valence-corrected chi connectivity index (χ0v) is 9.07. The van der Waals surface area contributed by atoms with Gasteiger partial charge < -0.3 is 5.32 Å². The van der Waals surface area contributed by atoms with Crippen LogP contribution in [0.4, 0.5) is 10.1 Å². The highest BCUT2D eigenvalue weighted by Gasteiger charge is 2.07. The zero-order chi connectivity index (χ0) is 12.3. The Morgan fingerprint density at radius 3 is 2.88 bits per heavy atom. The second kappa shape index (κ2) is 4.61. The Morgan fingerprint density at radius 2 is 2.29 bits per heavy atom. The van der Waals surface area contributed by atoms with E-state index in [2.05, 4.69) is 20.3 Å². The molecule has 86 valence electrons. The van der Waals surface area contributed by atoms with Crippen molar-refractivity contribution in [3.63, 3.8) is 0 Å². The second-order valence-corrected chi connectivity index (χ2v) is 3.46. The molecular weight excluding hydrogens is 223 g/mol. The van der Waals surface area contributed by atoms with Crippen LogP contribution >= 0.6 is 0 Å². The maximum Gasteiger partial charge on any atom is 0.147 e. The van der Waals surface area contributed by atoms with Gasteiger partial charge in [-0.25, -0.2) is 9.02 Å². The normalized spacial score (nSPS) is 9.94. The third-order valence-electron chi connectivity index (χ3n) is 2.29. The number of nitrogens with zero attached hydrogens (tertiary/aromatic N) is 3. The highest BCUT2D eigenvalue weighted by atomic mass is 19.1. The molecule has 0 saturated carbocycles. The van der Waals surface area contributed by atoms with Gasteiger partial charge in [0.15, 0.2) is 0 Å². The van der Waals surface area contributed by atoms with E-state index in [1.165, 1.54) is 12.1 Å². The van der Waals surface area contributed by atoms with Gasteiger partial charge in [0, 0.05) is 0 Å². The van der Waals surface area contributed by atoms with E-state index < -0.39 is 5.82 Å². The third kappa shape index (κ3) is 2.39. The van der Waals surface area contributed by atoms with E-state index in [9.17, 15) is 4.39 Å². The molecule has 0 aliphatic heterocycles. The topological polar surface area (TPSA) is 74.7 Å². The Labute approximate surface area is 96.8 Å². The summed E-state index contributed by atoms with van der Waals surface area (Å²) in [5.41, 5.74) is 1.87. The molecule has 17 heavy (non-hydrogen) atoms. The van der Waals surface area contributed by atoms with Crippen molar-refractivity contribution in [3.05, 3.63) is 41.0 Å². The lowest BCUT2D eigenvalue weighted by atomic mass is 10.2. The number of hydrogen-bond donors (Lipinski definition) is 1. The summed E-state index contributed by atoms with van der Waals surface area (Å²) in [4.78, 5) is 0. The van der Waals surface area contributed by atoms with Gasteiger partial charge in [-0.05, 0) is 25.1 Å². The number of anilines is 1. The van der Waals surface area contributed by atoms with Crippen LogP contribution in [0.3, 0.4) is 0 Å². The van der Waals surface area contributed by atoms with Gasteiger partial charge in [0.25, 0.3) is 0 Å². The van der Waals surface area contributed by atoms with E-state index in [0.29, 0.717) is 23.6 Å². The summed E-state index contributed by atoms with van der Waals surface area (Å²) < 4.78 is 18.0. The van der Waals surface area contributed by atoms with Gasteiger partial charge in [0.05, 0.1) is 23.9 Å². The van der Waals surface area contributed by atoms with Crippen molar-refractivity contribution in [2.75, 3.05) is 5.32 Å². The maximum absolute atomic E-state index is 13.5. The fourth-order valence-corrected chi connectivity index (χ4v) is 1.32. The molecule has 0 amide bonds. The molecule has 1 heterocycles. The summed E-state index contributed by atoms with van der Waals surface area (Å²) in [5, 5.41) is 18.7. The lowest BCUT2D eigenvalue weighted by Crippen LogP contribution is -2.03. The summed E-state index contributed by atoms with van der Waals surface area (Å²) in [6.45, 7) is 2.07. The fraction of sp³-hybridized carbons (Fsp3) is 0.182. The molecular formula is C11H9FN4O. The minimum absolute atomic E-state index is 0.285. The lowest BCUT2D eigenvalue weighted by Gasteiger charge is -2.05. The third-order valence-corrected chi connectivity index (χ3v) is 2.29. The maximum atomic E-state index is 13.5. The first kappa shape index (κ1) is 11.1. The molecule has 2 aromatic rings. The summed E-state index contributed by atoms with van der Waals surface area (Å²) in [7, 11) is 0. The van der Waals surface area contributed by atoms with Crippen molar-refractivity contribution in [1.29, 1.82) is 5.26 Å². The van der Waals surface area contributed by atoms with Crippen LogP contribution in [0.1, 0.15) is 17.0 Å². The molecule has 0 radical (unpaired) electrons. The van der Waals surface area contributed by atoms with Gasteiger partial charge >= 0.3 is 0 Å². The van der Waals surface area contributed by atoms with Gasteiger partial charge in [-0.3, -0.25) is 0 Å². The number of rotatable bonds is 3. The molecule has 0 aliphatic carbocycles. The number of nitrogens with one attached hydrogen (secondary N) is 1. The predicted molar refractivity (Wildman–Crippen MR) is 57.5 cm³/mol. The highest BCUT2D eigenvalue weighted by molar-refractivity contribution is 5.48. The zero-order valence-electron chi connectivity index (χ0n) is 9.07. The summed E-state index contributed by atoms with van der Waals surface area (Å²) in [6.07, 6.45) is 0. The Morgan fingerprint density at radius 1 is 1.47 bits per heavy atom. The molecule has 1 aromatic carbocycles. The van der Waals surface area contributed by atoms with Crippen molar-refractivity contribution in [3.8, 4) is 6.07 Å². The van der Waals surface area contributed by atoms with E-state index >= 15 is 0 Å². The number of halogens is 1. The molecule has 0 saturated heterocycles. The van der Waals surface area contributed by atoms with Crippen LogP contribution in [0.2, 0.25) is 0 Å². The van der Waals surface area contributed by atoms with Crippen molar-refractivity contribution >= 4 is 5.69 Å². The predicted octanol–water partition coefficient (Wildman–Crippen LogP) is 2.00. The largest absolute Gasteiger partial charge is 0.377 e. The van der Waals surface area contributed by atoms with Gasteiger partial charge in [-0.2, -0.15) is 5.26 Å². The van der Waals surface area contributed by atoms with Crippen LogP contribution in [0, 0.1) is 24.1 Å². The average molecular weight is 232 g/mol. The summed E-state index contributed by atoms with van der Waals surface area (Å²) in [6, 6.07) is 6.10. The minimum Gasteiger partial charge on any atom is -0.377 e. The van der Waals surface area contributed by atoms with E-state index in [0.717, 1.165) is 0 Å². The van der Waals surface area contributed by atoms with E-state index in [4.69, 9.17) is 5.26 Å². The molecule has 0 bridgehead atoms. The van der Waals surface area contributed by atoms with Crippen LogP contribution in [-0.2, 0) is 6.54 Å². The Kier molecular flexibility index (Phi) is 3.01. The first-order chi connectivity index (χ1) is 8.20. The van der Waals surface area contributed by atoms with Crippen LogP contribution in [0.25, 0.3) is 0 Å². The molecule has 6 heteroatoms. The molecule has 0 fully saturated rings. The quantitative estimate of drug-likeness (QED) is 0.875. The van der Waals surface area contributed by atoms with Crippen molar-refractivity contribution in [2.24, 2.45) is 0 Å². The molecule has 0 spiro atoms. The number of aryl methyl sites for hydroxylation is 1. The van der Waals surface area contributed by atoms with Crippen LogP contribution in [0.5, 0.6) is 0 Å². The van der Waals surface area contributed by atoms with Crippen molar-refractivity contribution < 1.29 is 9.02 Å². The van der Waals surface area contributed by atoms with Gasteiger partial charge in [-0.15, -0.1) is 0 Å². The SMILES string of the molecule is Cc1nonc1CNc1ccc(C#N)cc1F. The smallest absolute Gasteiger partial charge is 0.147 e. The Balaban J connectivity index is 2.10. The lowest BCUT2D eigenvalue weighted by molar-refractivity contribution is 0.301. The Hall–Kier alpha value is -2.42. The second-order valence-electron chi connectivity index (χ2n) is 3.46. The van der Waals surface area contributed by atoms with Crippen LogP contribution in [-0.4, -0.2) is 10.3 Å². The number of benzene rings is 1. The molecule has 1 aromatic heterocycles. The molecule has 0 unspecified atom stereocenters. The Bertz CT molecular complexity index is 573. The minimum atomic E-state index is -0.474. The van der Waals surface area contributed by atoms with Gasteiger partial charge in [0.2, 0.25) is 0 Å². The van der Waals surface area contributed by atoms with Crippen LogP contribution in [0.15, 0.2) is 22.8 Å². The number of nitriles is 1. The highest BCUT2D eigenvalue weighted by Crippen LogP contribution is 2.16.